The summed E-state index contributed by atoms with van der Waals surface area (Å²) < 4.78 is 6.75. The van der Waals surface area contributed by atoms with E-state index in [4.69, 9.17) is 9.72 Å². The Morgan fingerprint density at radius 3 is 2.94 bits per heavy atom. The topological polar surface area (TPSA) is 54.5 Å². The number of aromatic nitrogens is 1. The van der Waals surface area contributed by atoms with Gasteiger partial charge in [-0.25, -0.2) is 4.98 Å². The third kappa shape index (κ3) is 5.63. The summed E-state index contributed by atoms with van der Waals surface area (Å²) in [5.74, 6) is -0.113. The summed E-state index contributed by atoms with van der Waals surface area (Å²) in [7, 11) is 0. The van der Waals surface area contributed by atoms with Gasteiger partial charge in [0.25, 0.3) is 5.91 Å². The zero-order valence-corrected chi connectivity index (χ0v) is 20.1. The van der Waals surface area contributed by atoms with Crippen LogP contribution in [0.1, 0.15) is 34.1 Å². The molecule has 166 valence electrons. The van der Waals surface area contributed by atoms with Crippen LogP contribution in [0.15, 0.2) is 53.0 Å². The average molecular weight is 494 g/mol. The molecule has 0 bridgehead atoms. The molecule has 1 aliphatic heterocycles. The summed E-state index contributed by atoms with van der Waals surface area (Å²) in [4.78, 5) is 20.3. The van der Waals surface area contributed by atoms with E-state index in [9.17, 15) is 4.79 Å². The van der Waals surface area contributed by atoms with Crippen molar-refractivity contribution in [1.29, 1.82) is 0 Å². The molecular weight excluding hydrogens is 466 g/mol. The number of likely N-dealkylation sites (N-methyl/N-ethyl adjacent to an activating group) is 1. The highest BCUT2D eigenvalue weighted by Gasteiger charge is 2.21. The Bertz CT molecular complexity index is 1150. The number of morpholine rings is 1. The van der Waals surface area contributed by atoms with E-state index < -0.39 is 0 Å². The molecule has 1 aliphatic rings. The van der Waals surface area contributed by atoms with Crippen LogP contribution >= 0.6 is 15.9 Å². The molecule has 1 saturated heterocycles. The van der Waals surface area contributed by atoms with Crippen molar-refractivity contribution in [1.82, 2.24) is 15.2 Å². The van der Waals surface area contributed by atoms with Crippen molar-refractivity contribution in [3.8, 4) is 0 Å². The molecule has 1 atom stereocenters. The molecule has 0 spiro atoms. The zero-order valence-electron chi connectivity index (χ0n) is 18.5. The fourth-order valence-corrected chi connectivity index (χ4v) is 4.30. The van der Waals surface area contributed by atoms with Gasteiger partial charge in [0, 0.05) is 29.5 Å². The van der Waals surface area contributed by atoms with Gasteiger partial charge < -0.3 is 10.1 Å². The molecule has 6 heteroatoms. The van der Waals surface area contributed by atoms with Gasteiger partial charge in [0.1, 0.15) is 0 Å². The Labute approximate surface area is 197 Å². The van der Waals surface area contributed by atoms with Crippen molar-refractivity contribution in [2.45, 2.75) is 20.0 Å². The van der Waals surface area contributed by atoms with E-state index in [1.54, 1.807) is 0 Å². The van der Waals surface area contributed by atoms with Gasteiger partial charge in [-0.2, -0.15) is 0 Å². The summed E-state index contributed by atoms with van der Waals surface area (Å²) in [6.07, 6.45) is 3.99. The number of rotatable bonds is 6. The number of aryl methyl sites for hydroxylation is 1. The molecule has 32 heavy (non-hydrogen) atoms. The summed E-state index contributed by atoms with van der Waals surface area (Å²) in [6, 6.07) is 16.0. The highest BCUT2D eigenvalue weighted by atomic mass is 79.9. The van der Waals surface area contributed by atoms with Gasteiger partial charge >= 0.3 is 0 Å². The molecule has 1 aromatic heterocycles. The molecule has 2 aromatic carbocycles. The maximum atomic E-state index is 13.2. The van der Waals surface area contributed by atoms with Crippen LogP contribution in [0.3, 0.4) is 0 Å². The third-order valence-electron chi connectivity index (χ3n) is 5.68. The predicted octanol–water partition coefficient (Wildman–Crippen LogP) is 4.93. The number of hydrogen-bond donors (Lipinski definition) is 1. The van der Waals surface area contributed by atoms with Gasteiger partial charge in [-0.15, -0.1) is 0 Å². The number of pyridine rings is 1. The molecule has 1 amide bonds. The average Bonchev–Trinajstić information content (AvgIpc) is 2.81. The smallest absolute Gasteiger partial charge is 0.252 e. The molecular formula is C26H28BrN3O2. The van der Waals surface area contributed by atoms with Crippen LogP contribution < -0.4 is 5.32 Å². The second kappa shape index (κ2) is 10.4. The lowest BCUT2D eigenvalue weighted by Gasteiger charge is -2.32. The van der Waals surface area contributed by atoms with Gasteiger partial charge in [-0.3, -0.25) is 9.69 Å². The number of nitrogens with one attached hydrogen (secondary N) is 1. The number of halogens is 1. The van der Waals surface area contributed by atoms with Crippen LogP contribution in [0, 0.1) is 6.92 Å². The summed E-state index contributed by atoms with van der Waals surface area (Å²) in [6.45, 7) is 8.18. The molecule has 3 aromatic rings. The fourth-order valence-electron chi connectivity index (χ4n) is 3.94. The number of nitrogens with zero attached hydrogens (tertiary/aromatic N) is 2. The highest BCUT2D eigenvalue weighted by molar-refractivity contribution is 9.10. The number of ether oxygens (including phenoxy) is 1. The summed E-state index contributed by atoms with van der Waals surface area (Å²) in [5.41, 5.74) is 4.45. The highest BCUT2D eigenvalue weighted by Crippen LogP contribution is 2.24. The number of benzene rings is 2. The first-order chi connectivity index (χ1) is 15.5. The third-order valence-corrected chi connectivity index (χ3v) is 6.18. The van der Waals surface area contributed by atoms with Crippen LogP contribution in [-0.2, 0) is 4.74 Å². The van der Waals surface area contributed by atoms with Gasteiger partial charge in [-0.05, 0) is 49.4 Å². The lowest BCUT2D eigenvalue weighted by molar-refractivity contribution is -0.0246. The van der Waals surface area contributed by atoms with Crippen LogP contribution in [0.2, 0.25) is 0 Å². The van der Waals surface area contributed by atoms with Gasteiger partial charge in [-0.1, -0.05) is 58.8 Å². The Hall–Kier alpha value is -2.54. The van der Waals surface area contributed by atoms with Gasteiger partial charge in [0.2, 0.25) is 0 Å². The minimum atomic E-state index is -0.113. The molecule has 1 unspecified atom stereocenters. The van der Waals surface area contributed by atoms with Crippen molar-refractivity contribution in [2.75, 3.05) is 32.8 Å². The number of fused-ring (bicyclic) bond motifs is 1. The second-order valence-electron chi connectivity index (χ2n) is 8.10. The van der Waals surface area contributed by atoms with Crippen LogP contribution in [0.5, 0.6) is 0 Å². The number of amides is 1. The van der Waals surface area contributed by atoms with E-state index in [1.807, 2.05) is 42.5 Å². The zero-order chi connectivity index (χ0) is 22.5. The van der Waals surface area contributed by atoms with Crippen LogP contribution in [0.4, 0.5) is 0 Å². The van der Waals surface area contributed by atoms with E-state index in [0.717, 1.165) is 46.3 Å². The molecule has 1 fully saturated rings. The van der Waals surface area contributed by atoms with Gasteiger partial charge in [0.05, 0.1) is 29.5 Å². The summed E-state index contributed by atoms with van der Waals surface area (Å²) >= 11 is 3.52. The first kappa shape index (κ1) is 22.6. The van der Waals surface area contributed by atoms with Crippen molar-refractivity contribution in [3.05, 3.63) is 75.4 Å². The second-order valence-corrected chi connectivity index (χ2v) is 9.02. The lowest BCUT2D eigenvalue weighted by atomic mass is 10.1. The Balaban J connectivity index is 1.58. The van der Waals surface area contributed by atoms with Crippen molar-refractivity contribution in [2.24, 2.45) is 0 Å². The Morgan fingerprint density at radius 1 is 1.25 bits per heavy atom. The van der Waals surface area contributed by atoms with E-state index in [-0.39, 0.29) is 12.0 Å². The normalized spacial score (nSPS) is 17.2. The Kier molecular flexibility index (Phi) is 7.35. The van der Waals surface area contributed by atoms with E-state index in [1.165, 1.54) is 5.56 Å². The van der Waals surface area contributed by atoms with Crippen molar-refractivity contribution < 1.29 is 9.53 Å². The minimum Gasteiger partial charge on any atom is -0.374 e. The van der Waals surface area contributed by atoms with E-state index in [2.05, 4.69) is 58.2 Å². The molecule has 1 N–H and O–H groups in total. The predicted molar refractivity (Wildman–Crippen MR) is 134 cm³/mol. The molecule has 0 radical (unpaired) electrons. The standard InChI is InChI=1S/C26H28BrN3O2/c1-3-30-11-12-32-22(17-30)16-28-26(31)24-15-21(9-7-19-6-4-5-18(2)13-19)29-25-10-8-20(27)14-23(24)25/h4-10,13-15,22H,3,11-12,16-17H2,1-2H3,(H,28,31)/b9-7+. The molecule has 5 nitrogen and oxygen atoms in total. The first-order valence-electron chi connectivity index (χ1n) is 11.0. The molecule has 0 aliphatic carbocycles. The van der Waals surface area contributed by atoms with Crippen LogP contribution in [-0.4, -0.2) is 54.7 Å². The largest absolute Gasteiger partial charge is 0.374 e. The fraction of sp³-hybridized carbons (Fsp3) is 0.308. The van der Waals surface area contributed by atoms with Gasteiger partial charge in [0.15, 0.2) is 0 Å². The number of hydrogen-bond acceptors (Lipinski definition) is 4. The quantitative estimate of drug-likeness (QED) is 0.528. The molecule has 2 heterocycles. The first-order valence-corrected chi connectivity index (χ1v) is 11.8. The SMILES string of the molecule is CCN1CCOC(CNC(=O)c2cc(/C=C/c3cccc(C)c3)nc3ccc(Br)cc23)C1. The van der Waals surface area contributed by atoms with Crippen molar-refractivity contribution >= 4 is 44.9 Å². The number of carbonyl (C=O) groups excluding carboxylic acids is 1. The molecule has 0 saturated carbocycles. The molecule has 4 rings (SSSR count). The number of carbonyl (C=O) groups is 1. The monoisotopic (exact) mass is 493 g/mol. The Morgan fingerprint density at radius 2 is 2.12 bits per heavy atom. The lowest BCUT2D eigenvalue weighted by Crippen LogP contribution is -2.47. The van der Waals surface area contributed by atoms with E-state index >= 15 is 0 Å². The van der Waals surface area contributed by atoms with Crippen molar-refractivity contribution in [3.63, 3.8) is 0 Å². The van der Waals surface area contributed by atoms with E-state index in [0.29, 0.717) is 18.7 Å². The maximum absolute atomic E-state index is 13.2. The summed E-state index contributed by atoms with van der Waals surface area (Å²) in [5, 5.41) is 3.90. The minimum absolute atomic E-state index is 0.00757. The maximum Gasteiger partial charge on any atom is 0.252 e. The van der Waals surface area contributed by atoms with Crippen LogP contribution in [0.25, 0.3) is 23.1 Å².